The van der Waals surface area contributed by atoms with Crippen LogP contribution in [0.5, 0.6) is 0 Å². The minimum atomic E-state index is 0.00111. The number of carbonyl (C=O) groups is 1. The van der Waals surface area contributed by atoms with E-state index in [1.807, 2.05) is 31.2 Å². The minimum Gasteiger partial charge on any atom is -0.397 e. The molecule has 84 valence electrons. The third kappa shape index (κ3) is 1.65. The first-order chi connectivity index (χ1) is 7.65. The average Bonchev–Trinajstić information content (AvgIpc) is 2.65. The molecule has 1 heterocycles. The lowest BCUT2D eigenvalue weighted by Gasteiger charge is -2.13. The number of rotatable bonds is 2. The molecule has 0 aliphatic carbocycles. The van der Waals surface area contributed by atoms with Crippen LogP contribution >= 0.6 is 11.3 Å². The van der Waals surface area contributed by atoms with Crippen molar-refractivity contribution in [2.75, 3.05) is 19.3 Å². The zero-order valence-electron chi connectivity index (χ0n) is 9.36. The number of carbonyl (C=O) groups excluding carboxylic acids is 1. The summed E-state index contributed by atoms with van der Waals surface area (Å²) >= 11 is 1.46. The summed E-state index contributed by atoms with van der Waals surface area (Å²) in [6.45, 7) is 2.63. The first-order valence-corrected chi connectivity index (χ1v) is 5.99. The highest BCUT2D eigenvalue weighted by Crippen LogP contribution is 2.33. The predicted molar refractivity (Wildman–Crippen MR) is 68.9 cm³/mol. The molecule has 4 heteroatoms. The number of nitrogens with two attached hydrogens (primary N) is 1. The van der Waals surface area contributed by atoms with Crippen molar-refractivity contribution in [3.8, 4) is 0 Å². The van der Waals surface area contributed by atoms with Crippen LogP contribution in [0, 0.1) is 0 Å². The van der Waals surface area contributed by atoms with E-state index in [1.165, 1.54) is 11.3 Å². The predicted octanol–water partition coefficient (Wildman–Crippen LogP) is 2.58. The lowest BCUT2D eigenvalue weighted by Crippen LogP contribution is -2.25. The molecule has 3 nitrogen and oxygen atoms in total. The SMILES string of the molecule is CCN(C)C(=O)c1sc2ccccc2c1N. The third-order valence-electron chi connectivity index (χ3n) is 2.65. The molecule has 0 saturated heterocycles. The zero-order chi connectivity index (χ0) is 11.7. The second-order valence-electron chi connectivity index (χ2n) is 3.66. The zero-order valence-corrected chi connectivity index (χ0v) is 10.2. The van der Waals surface area contributed by atoms with Gasteiger partial charge in [0.1, 0.15) is 4.88 Å². The molecule has 0 aliphatic heterocycles. The number of benzene rings is 1. The van der Waals surface area contributed by atoms with Crippen LogP contribution < -0.4 is 5.73 Å². The summed E-state index contributed by atoms with van der Waals surface area (Å²) in [5, 5.41) is 0.973. The molecule has 16 heavy (non-hydrogen) atoms. The topological polar surface area (TPSA) is 46.3 Å². The van der Waals surface area contributed by atoms with Gasteiger partial charge < -0.3 is 10.6 Å². The van der Waals surface area contributed by atoms with Crippen molar-refractivity contribution in [3.63, 3.8) is 0 Å². The number of amides is 1. The van der Waals surface area contributed by atoms with Crippen molar-refractivity contribution >= 4 is 33.0 Å². The molecule has 1 amide bonds. The number of nitrogens with zero attached hydrogens (tertiary/aromatic N) is 1. The summed E-state index contributed by atoms with van der Waals surface area (Å²) in [6, 6.07) is 7.82. The summed E-state index contributed by atoms with van der Waals surface area (Å²) in [4.78, 5) is 14.3. The maximum atomic E-state index is 12.0. The van der Waals surface area contributed by atoms with Gasteiger partial charge in [-0.25, -0.2) is 0 Å². The van der Waals surface area contributed by atoms with E-state index in [1.54, 1.807) is 11.9 Å². The normalized spacial score (nSPS) is 10.6. The summed E-state index contributed by atoms with van der Waals surface area (Å²) in [6.07, 6.45) is 0. The van der Waals surface area contributed by atoms with Gasteiger partial charge in [0.05, 0.1) is 5.69 Å². The molecule has 0 bridgehead atoms. The van der Waals surface area contributed by atoms with Gasteiger partial charge in [-0.1, -0.05) is 18.2 Å². The van der Waals surface area contributed by atoms with Gasteiger partial charge in [-0.2, -0.15) is 0 Å². The quantitative estimate of drug-likeness (QED) is 0.868. The highest BCUT2D eigenvalue weighted by molar-refractivity contribution is 7.21. The van der Waals surface area contributed by atoms with Crippen LogP contribution in [0.4, 0.5) is 5.69 Å². The Hall–Kier alpha value is -1.55. The molecule has 0 unspecified atom stereocenters. The van der Waals surface area contributed by atoms with E-state index in [9.17, 15) is 4.79 Å². The number of hydrogen-bond acceptors (Lipinski definition) is 3. The van der Waals surface area contributed by atoms with Crippen LogP contribution in [0.3, 0.4) is 0 Å². The Morgan fingerprint density at radius 2 is 2.12 bits per heavy atom. The molecule has 0 radical (unpaired) electrons. The summed E-state index contributed by atoms with van der Waals surface area (Å²) in [7, 11) is 1.78. The third-order valence-corrected chi connectivity index (χ3v) is 3.82. The van der Waals surface area contributed by atoms with E-state index >= 15 is 0 Å². The van der Waals surface area contributed by atoms with Crippen molar-refractivity contribution in [2.24, 2.45) is 0 Å². The van der Waals surface area contributed by atoms with Gasteiger partial charge in [0, 0.05) is 23.7 Å². The van der Waals surface area contributed by atoms with E-state index in [0.717, 1.165) is 10.1 Å². The standard InChI is InChI=1S/C12H14N2OS/c1-3-14(2)12(15)11-10(13)8-6-4-5-7-9(8)16-11/h4-7H,3,13H2,1-2H3. The fraction of sp³-hybridized carbons (Fsp3) is 0.250. The number of thiophene rings is 1. The molecular formula is C12H14N2OS. The van der Waals surface area contributed by atoms with E-state index in [4.69, 9.17) is 5.73 Å². The fourth-order valence-corrected chi connectivity index (χ4v) is 2.66. The van der Waals surface area contributed by atoms with Gasteiger partial charge in [-0.3, -0.25) is 4.79 Å². The van der Waals surface area contributed by atoms with Gasteiger partial charge in [-0.15, -0.1) is 11.3 Å². The fourth-order valence-electron chi connectivity index (χ4n) is 1.54. The van der Waals surface area contributed by atoms with Gasteiger partial charge in [0.25, 0.3) is 5.91 Å². The molecule has 0 aliphatic rings. The minimum absolute atomic E-state index is 0.00111. The van der Waals surface area contributed by atoms with Crippen molar-refractivity contribution in [1.82, 2.24) is 4.90 Å². The van der Waals surface area contributed by atoms with Crippen LogP contribution in [0.15, 0.2) is 24.3 Å². The van der Waals surface area contributed by atoms with Crippen molar-refractivity contribution in [2.45, 2.75) is 6.92 Å². The van der Waals surface area contributed by atoms with Gasteiger partial charge in [0.15, 0.2) is 0 Å². The Kier molecular flexibility index (Phi) is 2.83. The van der Waals surface area contributed by atoms with Crippen LogP contribution in [-0.2, 0) is 0 Å². The van der Waals surface area contributed by atoms with Crippen molar-refractivity contribution in [3.05, 3.63) is 29.1 Å². The molecule has 1 aromatic carbocycles. The summed E-state index contributed by atoms with van der Waals surface area (Å²) < 4.78 is 1.06. The Morgan fingerprint density at radius 1 is 1.44 bits per heavy atom. The highest BCUT2D eigenvalue weighted by atomic mass is 32.1. The molecule has 0 spiro atoms. The molecular weight excluding hydrogens is 220 g/mol. The van der Waals surface area contributed by atoms with Crippen molar-refractivity contribution in [1.29, 1.82) is 0 Å². The molecule has 2 aromatic rings. The molecule has 0 atom stereocenters. The largest absolute Gasteiger partial charge is 0.397 e. The summed E-state index contributed by atoms with van der Waals surface area (Å²) in [5.41, 5.74) is 6.60. The van der Waals surface area contributed by atoms with Crippen LogP contribution in [0.1, 0.15) is 16.6 Å². The van der Waals surface area contributed by atoms with E-state index in [2.05, 4.69) is 0 Å². The first kappa shape index (κ1) is 11.0. The first-order valence-electron chi connectivity index (χ1n) is 5.17. The van der Waals surface area contributed by atoms with Crippen LogP contribution in [-0.4, -0.2) is 24.4 Å². The Bertz CT molecular complexity index is 533. The maximum absolute atomic E-state index is 12.0. The van der Waals surface area contributed by atoms with E-state index < -0.39 is 0 Å². The molecule has 0 fully saturated rings. The number of fused-ring (bicyclic) bond motifs is 1. The average molecular weight is 234 g/mol. The van der Waals surface area contributed by atoms with Crippen molar-refractivity contribution < 1.29 is 4.79 Å². The molecule has 2 N–H and O–H groups in total. The monoisotopic (exact) mass is 234 g/mol. The second-order valence-corrected chi connectivity index (χ2v) is 4.71. The number of nitrogen functional groups attached to an aromatic ring is 1. The lowest BCUT2D eigenvalue weighted by atomic mass is 10.2. The smallest absolute Gasteiger partial charge is 0.265 e. The Labute approximate surface area is 98.5 Å². The number of anilines is 1. The highest BCUT2D eigenvalue weighted by Gasteiger charge is 2.18. The van der Waals surface area contributed by atoms with E-state index in [0.29, 0.717) is 17.1 Å². The summed E-state index contributed by atoms with van der Waals surface area (Å²) in [5.74, 6) is 0.00111. The van der Waals surface area contributed by atoms with Gasteiger partial charge >= 0.3 is 0 Å². The lowest BCUT2D eigenvalue weighted by molar-refractivity contribution is 0.0808. The molecule has 0 saturated carbocycles. The Balaban J connectivity index is 2.53. The van der Waals surface area contributed by atoms with Crippen LogP contribution in [0.2, 0.25) is 0 Å². The Morgan fingerprint density at radius 3 is 2.75 bits per heavy atom. The van der Waals surface area contributed by atoms with Gasteiger partial charge in [0.2, 0.25) is 0 Å². The number of hydrogen-bond donors (Lipinski definition) is 1. The maximum Gasteiger partial charge on any atom is 0.265 e. The molecule has 2 rings (SSSR count). The van der Waals surface area contributed by atoms with Crippen LogP contribution in [0.25, 0.3) is 10.1 Å². The second kappa shape index (κ2) is 4.14. The molecule has 1 aromatic heterocycles. The van der Waals surface area contributed by atoms with Gasteiger partial charge in [-0.05, 0) is 13.0 Å². The van der Waals surface area contributed by atoms with E-state index in [-0.39, 0.29) is 5.91 Å².